The minimum atomic E-state index is -3.96. The molecule has 1 atom stereocenters. The summed E-state index contributed by atoms with van der Waals surface area (Å²) in [7, 11) is 0. The maximum absolute atomic E-state index is 13.2. The number of rotatable bonds is 3. The van der Waals surface area contributed by atoms with Crippen molar-refractivity contribution in [2.75, 3.05) is 0 Å². The van der Waals surface area contributed by atoms with E-state index in [2.05, 4.69) is 9.97 Å². The molecule has 0 aliphatic rings. The summed E-state index contributed by atoms with van der Waals surface area (Å²) in [6.07, 6.45) is -0.675. The topological polar surface area (TPSA) is 109 Å². The summed E-state index contributed by atoms with van der Waals surface area (Å²) in [6.45, 7) is 2.82. The van der Waals surface area contributed by atoms with Crippen LogP contribution in [0, 0.1) is 5.82 Å². The fourth-order valence-corrected chi connectivity index (χ4v) is 2.92. The van der Waals surface area contributed by atoms with Gasteiger partial charge in [-0.2, -0.15) is 13.2 Å². The van der Waals surface area contributed by atoms with E-state index in [0.717, 1.165) is 27.9 Å². The molecule has 2 aromatic heterocycles. The Kier molecular flexibility index (Phi) is 10.6. The van der Waals surface area contributed by atoms with Gasteiger partial charge in [-0.15, -0.1) is 11.3 Å². The third kappa shape index (κ3) is 8.24. The highest BCUT2D eigenvalue weighted by Crippen LogP contribution is 2.32. The van der Waals surface area contributed by atoms with Crippen LogP contribution in [0.2, 0.25) is 0 Å². The summed E-state index contributed by atoms with van der Waals surface area (Å²) < 4.78 is 45.6. The lowest BCUT2D eigenvalue weighted by atomic mass is 10.1. The van der Waals surface area contributed by atoms with Gasteiger partial charge in [0.2, 0.25) is 0 Å². The van der Waals surface area contributed by atoms with E-state index in [9.17, 15) is 22.7 Å². The molecule has 1 unspecified atom stereocenters. The second-order valence-corrected chi connectivity index (χ2v) is 6.72. The number of hydrogen-bond acceptors (Lipinski definition) is 4. The van der Waals surface area contributed by atoms with Crippen LogP contribution in [-0.2, 0) is 0 Å². The maximum atomic E-state index is 13.2. The van der Waals surface area contributed by atoms with Crippen molar-refractivity contribution in [2.24, 2.45) is 0 Å². The van der Waals surface area contributed by atoms with Crippen molar-refractivity contribution in [3.63, 3.8) is 0 Å². The molecule has 5 N–H and O–H groups in total. The molecule has 10 heteroatoms. The first kappa shape index (κ1) is 26.6. The van der Waals surface area contributed by atoms with Gasteiger partial charge in [0.25, 0.3) is 0 Å². The van der Waals surface area contributed by atoms with Gasteiger partial charge >= 0.3 is 6.18 Å². The first-order valence-corrected chi connectivity index (χ1v) is 8.93. The van der Waals surface area contributed by atoms with E-state index in [0.29, 0.717) is 5.56 Å². The van der Waals surface area contributed by atoms with Crippen molar-refractivity contribution in [1.29, 1.82) is 0 Å². The standard InChI is InChI=1S/C16H13FN2OS.C3H5F3.2H2O/c1-10(20)11-3-2-4-12(5-11)15-9-19-16(21-15)13-6-14(17)8-18-7-13;1-2-3(4,5)6;;/h2-10,20H,1H3;2H2,1H3;2*1H2. The molecule has 0 amide bonds. The molecule has 0 fully saturated rings. The van der Waals surface area contributed by atoms with Gasteiger partial charge in [-0.25, -0.2) is 9.37 Å². The predicted molar refractivity (Wildman–Crippen MR) is 105 cm³/mol. The Morgan fingerprint density at radius 1 is 1.07 bits per heavy atom. The van der Waals surface area contributed by atoms with Crippen LogP contribution in [0.15, 0.2) is 48.9 Å². The van der Waals surface area contributed by atoms with E-state index in [1.54, 1.807) is 19.3 Å². The lowest BCUT2D eigenvalue weighted by Gasteiger charge is -2.05. The summed E-state index contributed by atoms with van der Waals surface area (Å²) in [5, 5.41) is 10.4. The summed E-state index contributed by atoms with van der Waals surface area (Å²) in [5.41, 5.74) is 2.51. The van der Waals surface area contributed by atoms with Gasteiger partial charge in [0.1, 0.15) is 10.8 Å². The highest BCUT2D eigenvalue weighted by Gasteiger charge is 2.22. The lowest BCUT2D eigenvalue weighted by Crippen LogP contribution is -2.02. The van der Waals surface area contributed by atoms with E-state index in [1.807, 2.05) is 24.3 Å². The molecule has 1 aromatic carbocycles. The molecule has 3 aromatic rings. The van der Waals surface area contributed by atoms with Crippen LogP contribution in [-0.4, -0.2) is 32.2 Å². The molecule has 0 saturated heterocycles. The molecule has 0 bridgehead atoms. The number of halogens is 4. The molecule has 0 radical (unpaired) electrons. The molecule has 3 rings (SSSR count). The van der Waals surface area contributed by atoms with Crippen molar-refractivity contribution in [1.82, 2.24) is 9.97 Å². The molecule has 0 saturated carbocycles. The van der Waals surface area contributed by atoms with Crippen molar-refractivity contribution < 1.29 is 33.6 Å². The second kappa shape index (κ2) is 11.6. The monoisotopic (exact) mass is 434 g/mol. The van der Waals surface area contributed by atoms with Crippen LogP contribution in [0.3, 0.4) is 0 Å². The number of alkyl halides is 3. The maximum Gasteiger partial charge on any atom is 0.388 e. The van der Waals surface area contributed by atoms with Crippen molar-refractivity contribution in [3.8, 4) is 21.0 Å². The Balaban J connectivity index is 0.000000866. The summed E-state index contributed by atoms with van der Waals surface area (Å²) in [5.74, 6) is -0.375. The van der Waals surface area contributed by atoms with Crippen LogP contribution in [0.1, 0.15) is 31.9 Å². The zero-order valence-corrected chi connectivity index (χ0v) is 16.5. The largest absolute Gasteiger partial charge is 0.412 e. The van der Waals surface area contributed by atoms with Crippen molar-refractivity contribution in [3.05, 3.63) is 60.3 Å². The van der Waals surface area contributed by atoms with E-state index >= 15 is 0 Å². The van der Waals surface area contributed by atoms with Gasteiger partial charge in [-0.05, 0) is 30.2 Å². The third-order valence-corrected chi connectivity index (χ3v) is 4.61. The van der Waals surface area contributed by atoms with Crippen molar-refractivity contribution >= 4 is 11.3 Å². The number of aromatic nitrogens is 2. The summed E-state index contributed by atoms with van der Waals surface area (Å²) >= 11 is 1.47. The minimum Gasteiger partial charge on any atom is -0.412 e. The smallest absolute Gasteiger partial charge is 0.388 e. The number of aliphatic hydroxyl groups excluding tert-OH is 1. The van der Waals surface area contributed by atoms with Crippen LogP contribution in [0.5, 0.6) is 0 Å². The van der Waals surface area contributed by atoms with E-state index in [-0.39, 0.29) is 16.8 Å². The number of benzene rings is 1. The van der Waals surface area contributed by atoms with E-state index < -0.39 is 18.7 Å². The Labute approximate surface area is 169 Å². The first-order valence-electron chi connectivity index (χ1n) is 8.11. The average molecular weight is 434 g/mol. The van der Waals surface area contributed by atoms with Crippen molar-refractivity contribution in [2.45, 2.75) is 32.5 Å². The highest BCUT2D eigenvalue weighted by atomic mass is 32.1. The van der Waals surface area contributed by atoms with Crippen LogP contribution >= 0.6 is 11.3 Å². The molecule has 2 heterocycles. The lowest BCUT2D eigenvalue weighted by molar-refractivity contribution is -0.130. The van der Waals surface area contributed by atoms with Crippen LogP contribution < -0.4 is 0 Å². The quantitative estimate of drug-likeness (QED) is 0.618. The predicted octanol–water partition coefficient (Wildman–Crippen LogP) is 4.37. The number of aliphatic hydroxyl groups is 1. The van der Waals surface area contributed by atoms with Gasteiger partial charge in [0.15, 0.2) is 0 Å². The Bertz CT molecular complexity index is 886. The normalized spacial score (nSPS) is 11.4. The SMILES string of the molecule is CC(O)c1cccc(-c2cnc(-c3cncc(F)c3)s2)c1.CCC(F)(F)F.O.O. The van der Waals surface area contributed by atoms with Gasteiger partial charge in [-0.1, -0.05) is 25.1 Å². The third-order valence-electron chi connectivity index (χ3n) is 3.51. The van der Waals surface area contributed by atoms with E-state index in [4.69, 9.17) is 0 Å². The summed E-state index contributed by atoms with van der Waals surface area (Å²) in [4.78, 5) is 9.14. The van der Waals surface area contributed by atoms with Gasteiger partial charge in [0.05, 0.1) is 17.2 Å². The second-order valence-electron chi connectivity index (χ2n) is 5.69. The highest BCUT2D eigenvalue weighted by molar-refractivity contribution is 7.18. The van der Waals surface area contributed by atoms with E-state index in [1.165, 1.54) is 23.6 Å². The zero-order valence-electron chi connectivity index (χ0n) is 15.7. The molecule has 0 spiro atoms. The molecule has 29 heavy (non-hydrogen) atoms. The molecule has 160 valence electrons. The number of thiazole rings is 1. The van der Waals surface area contributed by atoms with Gasteiger partial charge < -0.3 is 16.1 Å². The molecule has 0 aliphatic heterocycles. The summed E-state index contributed by atoms with van der Waals surface area (Å²) in [6, 6.07) is 9.10. The molecular weight excluding hydrogens is 412 g/mol. The van der Waals surface area contributed by atoms with Crippen LogP contribution in [0.25, 0.3) is 21.0 Å². The molecular formula is C19H22F4N2O3S. The number of pyridine rings is 1. The fourth-order valence-electron chi connectivity index (χ4n) is 2.02. The first-order chi connectivity index (χ1) is 12.7. The van der Waals surface area contributed by atoms with Gasteiger partial charge in [0, 0.05) is 24.4 Å². The Morgan fingerprint density at radius 2 is 1.72 bits per heavy atom. The molecule has 0 aliphatic carbocycles. The average Bonchev–Trinajstić information content (AvgIpc) is 3.12. The zero-order chi connectivity index (χ0) is 20.0. The fraction of sp³-hybridized carbons (Fsp3) is 0.263. The minimum absolute atomic E-state index is 0. The molecule has 5 nitrogen and oxygen atoms in total. The Hall–Kier alpha value is -2.40. The van der Waals surface area contributed by atoms with Gasteiger partial charge in [-0.3, -0.25) is 4.98 Å². The Morgan fingerprint density at radius 3 is 2.28 bits per heavy atom. The van der Waals surface area contributed by atoms with Crippen LogP contribution in [0.4, 0.5) is 17.6 Å². The number of hydrogen-bond donors (Lipinski definition) is 1. The number of nitrogens with zero attached hydrogens (tertiary/aromatic N) is 2.